The van der Waals surface area contributed by atoms with Crippen LogP contribution in [0.3, 0.4) is 0 Å². The van der Waals surface area contributed by atoms with E-state index in [1.54, 1.807) is 6.20 Å². The topological polar surface area (TPSA) is 57.8 Å². The van der Waals surface area contributed by atoms with Gasteiger partial charge in [0.15, 0.2) is 0 Å². The van der Waals surface area contributed by atoms with E-state index in [1.807, 2.05) is 24.4 Å². The van der Waals surface area contributed by atoms with Gasteiger partial charge in [0.1, 0.15) is 5.82 Å². The molecule has 2 saturated carbocycles. The number of hydrogen-bond acceptors (Lipinski definition) is 2. The fourth-order valence-electron chi connectivity index (χ4n) is 3.70. The molecule has 4 nitrogen and oxygen atoms in total. The summed E-state index contributed by atoms with van der Waals surface area (Å²) in [6, 6.07) is 10.1. The summed E-state index contributed by atoms with van der Waals surface area (Å²) in [7, 11) is 0. The molecule has 0 spiro atoms. The molecule has 1 aromatic heterocycles. The Bertz CT molecular complexity index is 685. The highest BCUT2D eigenvalue weighted by molar-refractivity contribution is 5.79. The molecule has 120 valence electrons. The summed E-state index contributed by atoms with van der Waals surface area (Å²) in [6.07, 6.45) is 8.75. The van der Waals surface area contributed by atoms with E-state index in [4.69, 9.17) is 0 Å². The van der Waals surface area contributed by atoms with Gasteiger partial charge in [-0.15, -0.1) is 0 Å². The van der Waals surface area contributed by atoms with E-state index in [2.05, 4.69) is 34.3 Å². The van der Waals surface area contributed by atoms with Gasteiger partial charge in [0.2, 0.25) is 5.91 Å². The summed E-state index contributed by atoms with van der Waals surface area (Å²) in [6.45, 7) is 2.31. The van der Waals surface area contributed by atoms with Crippen molar-refractivity contribution in [3.8, 4) is 0 Å². The first-order chi connectivity index (χ1) is 11.1. The summed E-state index contributed by atoms with van der Waals surface area (Å²) < 4.78 is 0. The third-order valence-corrected chi connectivity index (χ3v) is 5.72. The first-order valence-corrected chi connectivity index (χ1v) is 8.47. The van der Waals surface area contributed by atoms with Crippen LogP contribution in [0, 0.1) is 5.41 Å². The molecule has 2 aliphatic rings. The molecular formula is C19H23N3O. The van der Waals surface area contributed by atoms with Gasteiger partial charge in [-0.05, 0) is 36.7 Å². The molecule has 0 aliphatic heterocycles. The SMILES string of the molecule is CC1(C2(NC(=O)CC(c3ccccc3)c3ncc[nH]3)CC2)CC1. The van der Waals surface area contributed by atoms with Gasteiger partial charge in [0, 0.05) is 24.4 Å². The molecule has 2 N–H and O–H groups in total. The van der Waals surface area contributed by atoms with Crippen LogP contribution >= 0.6 is 0 Å². The Hall–Kier alpha value is -2.10. The van der Waals surface area contributed by atoms with Gasteiger partial charge in [-0.1, -0.05) is 37.3 Å². The summed E-state index contributed by atoms with van der Waals surface area (Å²) >= 11 is 0. The van der Waals surface area contributed by atoms with Crippen LogP contribution in [-0.2, 0) is 4.79 Å². The lowest BCUT2D eigenvalue weighted by Crippen LogP contribution is -2.43. The first kappa shape index (κ1) is 14.5. The van der Waals surface area contributed by atoms with Crippen molar-refractivity contribution in [1.29, 1.82) is 0 Å². The number of H-pyrrole nitrogens is 1. The van der Waals surface area contributed by atoms with E-state index < -0.39 is 0 Å². The number of benzene rings is 1. The maximum absolute atomic E-state index is 12.7. The number of carbonyl (C=O) groups is 1. The molecule has 1 aromatic carbocycles. The van der Waals surface area contributed by atoms with Gasteiger partial charge >= 0.3 is 0 Å². The van der Waals surface area contributed by atoms with Crippen LogP contribution in [0.5, 0.6) is 0 Å². The molecule has 2 fully saturated rings. The number of carbonyl (C=O) groups excluding carboxylic acids is 1. The highest BCUT2D eigenvalue weighted by Crippen LogP contribution is 2.63. The van der Waals surface area contributed by atoms with Crippen molar-refractivity contribution >= 4 is 5.91 Å². The Kier molecular flexibility index (Phi) is 3.29. The van der Waals surface area contributed by atoms with Gasteiger partial charge < -0.3 is 10.3 Å². The van der Waals surface area contributed by atoms with Gasteiger partial charge in [-0.2, -0.15) is 0 Å². The van der Waals surface area contributed by atoms with E-state index in [1.165, 1.54) is 12.8 Å². The van der Waals surface area contributed by atoms with Gasteiger partial charge in [0.05, 0.1) is 5.92 Å². The fraction of sp³-hybridized carbons (Fsp3) is 0.474. The Morgan fingerprint density at radius 1 is 1.26 bits per heavy atom. The first-order valence-electron chi connectivity index (χ1n) is 8.47. The summed E-state index contributed by atoms with van der Waals surface area (Å²) in [5.41, 5.74) is 1.55. The molecule has 1 amide bonds. The van der Waals surface area contributed by atoms with Crippen molar-refractivity contribution < 1.29 is 4.79 Å². The maximum Gasteiger partial charge on any atom is 0.221 e. The van der Waals surface area contributed by atoms with Crippen molar-refractivity contribution in [1.82, 2.24) is 15.3 Å². The second kappa shape index (κ2) is 5.22. The molecule has 0 radical (unpaired) electrons. The predicted octanol–water partition coefficient (Wildman–Crippen LogP) is 3.38. The number of nitrogens with zero attached hydrogens (tertiary/aromatic N) is 1. The standard InChI is InChI=1S/C19H23N3O/c1-18(7-8-18)19(9-10-19)22-16(23)13-15(17-20-11-12-21-17)14-5-3-2-4-6-14/h2-6,11-12,15H,7-10,13H2,1H3,(H,20,21)(H,22,23). The zero-order chi connectivity index (χ0) is 15.9. The number of hydrogen-bond donors (Lipinski definition) is 2. The molecule has 4 heteroatoms. The van der Waals surface area contributed by atoms with Gasteiger partial charge in [0.25, 0.3) is 0 Å². The van der Waals surface area contributed by atoms with Crippen molar-refractivity contribution in [3.63, 3.8) is 0 Å². The summed E-state index contributed by atoms with van der Waals surface area (Å²) in [5.74, 6) is 0.976. The predicted molar refractivity (Wildman–Crippen MR) is 88.9 cm³/mol. The lowest BCUT2D eigenvalue weighted by molar-refractivity contribution is -0.122. The minimum atomic E-state index is -0.0194. The third kappa shape index (κ3) is 2.67. The van der Waals surface area contributed by atoms with Crippen LogP contribution in [-0.4, -0.2) is 21.4 Å². The highest BCUT2D eigenvalue weighted by atomic mass is 16.1. The van der Waals surface area contributed by atoms with Crippen LogP contribution < -0.4 is 5.32 Å². The Morgan fingerprint density at radius 2 is 2.00 bits per heavy atom. The molecule has 1 heterocycles. The third-order valence-electron chi connectivity index (χ3n) is 5.72. The smallest absolute Gasteiger partial charge is 0.221 e. The molecule has 4 rings (SSSR count). The zero-order valence-corrected chi connectivity index (χ0v) is 13.5. The van der Waals surface area contributed by atoms with Crippen LogP contribution in [0.15, 0.2) is 42.7 Å². The number of rotatable bonds is 6. The largest absolute Gasteiger partial charge is 0.350 e. The van der Waals surface area contributed by atoms with Crippen LogP contribution in [0.2, 0.25) is 0 Å². The number of imidazole rings is 1. The second-order valence-electron chi connectivity index (χ2n) is 7.33. The Morgan fingerprint density at radius 3 is 2.57 bits per heavy atom. The molecule has 1 unspecified atom stereocenters. The molecule has 2 aromatic rings. The number of aromatic amines is 1. The molecule has 0 saturated heterocycles. The highest BCUT2D eigenvalue weighted by Gasteiger charge is 2.63. The minimum absolute atomic E-state index is 0.0194. The van der Waals surface area contributed by atoms with E-state index in [-0.39, 0.29) is 17.4 Å². The zero-order valence-electron chi connectivity index (χ0n) is 13.5. The lowest BCUT2D eigenvalue weighted by atomic mass is 9.92. The van der Waals surface area contributed by atoms with E-state index in [0.29, 0.717) is 11.8 Å². The van der Waals surface area contributed by atoms with E-state index in [0.717, 1.165) is 24.2 Å². The van der Waals surface area contributed by atoms with Crippen molar-refractivity contribution in [3.05, 3.63) is 54.1 Å². The number of amides is 1. The minimum Gasteiger partial charge on any atom is -0.350 e. The van der Waals surface area contributed by atoms with E-state index >= 15 is 0 Å². The second-order valence-corrected chi connectivity index (χ2v) is 7.33. The summed E-state index contributed by atoms with van der Waals surface area (Å²) in [4.78, 5) is 20.3. The Balaban J connectivity index is 1.51. The van der Waals surface area contributed by atoms with Crippen molar-refractivity contribution in [2.45, 2.75) is 50.5 Å². The molecular weight excluding hydrogens is 286 g/mol. The van der Waals surface area contributed by atoms with Gasteiger partial charge in [-0.25, -0.2) is 4.98 Å². The quantitative estimate of drug-likeness (QED) is 0.859. The van der Waals surface area contributed by atoms with Crippen molar-refractivity contribution in [2.75, 3.05) is 0 Å². The molecule has 0 bridgehead atoms. The van der Waals surface area contributed by atoms with Crippen LogP contribution in [0.25, 0.3) is 0 Å². The summed E-state index contributed by atoms with van der Waals surface area (Å²) in [5, 5.41) is 3.35. The van der Waals surface area contributed by atoms with E-state index in [9.17, 15) is 4.79 Å². The normalized spacial score (nSPS) is 21.4. The monoisotopic (exact) mass is 309 g/mol. The number of nitrogens with one attached hydrogen (secondary N) is 2. The fourth-order valence-corrected chi connectivity index (χ4v) is 3.70. The number of aromatic nitrogens is 2. The van der Waals surface area contributed by atoms with Crippen LogP contribution in [0.4, 0.5) is 0 Å². The maximum atomic E-state index is 12.7. The molecule has 23 heavy (non-hydrogen) atoms. The molecule has 2 aliphatic carbocycles. The van der Waals surface area contributed by atoms with Crippen LogP contribution in [0.1, 0.15) is 56.3 Å². The average molecular weight is 309 g/mol. The van der Waals surface area contributed by atoms with Crippen molar-refractivity contribution in [2.24, 2.45) is 5.41 Å². The average Bonchev–Trinajstić information content (AvgIpc) is 3.45. The van der Waals surface area contributed by atoms with Gasteiger partial charge in [-0.3, -0.25) is 4.79 Å². The lowest BCUT2D eigenvalue weighted by Gasteiger charge is -2.25. The Labute approximate surface area is 136 Å². The molecule has 1 atom stereocenters.